The Balaban J connectivity index is 1.96. The highest BCUT2D eigenvalue weighted by atomic mass is 35.5. The van der Waals surface area contributed by atoms with Crippen molar-refractivity contribution >= 4 is 11.6 Å². The maximum atomic E-state index is 6.07. The Labute approximate surface area is 128 Å². The standard InChI is InChI=1S/C16H15ClN4/c1-2-6-15-19-14(17)9-16(20-15)21-11-13(10-18-21)12-7-4-3-5-8-12/h3-5,7-11H,2,6H2,1H3. The second kappa shape index (κ2) is 6.06. The summed E-state index contributed by atoms with van der Waals surface area (Å²) in [6.45, 7) is 2.09. The van der Waals surface area contributed by atoms with Gasteiger partial charge in [0.1, 0.15) is 11.0 Å². The van der Waals surface area contributed by atoms with Crippen molar-refractivity contribution < 1.29 is 0 Å². The van der Waals surface area contributed by atoms with Gasteiger partial charge in [-0.15, -0.1) is 0 Å². The maximum Gasteiger partial charge on any atom is 0.158 e. The first kappa shape index (κ1) is 13.8. The summed E-state index contributed by atoms with van der Waals surface area (Å²) in [6, 6.07) is 11.8. The van der Waals surface area contributed by atoms with Gasteiger partial charge < -0.3 is 0 Å². The van der Waals surface area contributed by atoms with Crippen molar-refractivity contribution in [2.45, 2.75) is 19.8 Å². The van der Waals surface area contributed by atoms with Crippen LogP contribution in [0.1, 0.15) is 19.2 Å². The van der Waals surface area contributed by atoms with Crippen molar-refractivity contribution in [1.82, 2.24) is 19.7 Å². The minimum absolute atomic E-state index is 0.445. The van der Waals surface area contributed by atoms with Gasteiger partial charge in [0.25, 0.3) is 0 Å². The van der Waals surface area contributed by atoms with E-state index in [-0.39, 0.29) is 0 Å². The van der Waals surface area contributed by atoms with Crippen LogP contribution >= 0.6 is 11.6 Å². The molecule has 4 nitrogen and oxygen atoms in total. The smallest absolute Gasteiger partial charge is 0.158 e. The minimum Gasteiger partial charge on any atom is -0.222 e. The molecule has 0 unspecified atom stereocenters. The first-order valence-corrected chi connectivity index (χ1v) is 7.28. The molecular formula is C16H15ClN4. The van der Waals surface area contributed by atoms with Gasteiger partial charge in [0.2, 0.25) is 0 Å². The monoisotopic (exact) mass is 298 g/mol. The van der Waals surface area contributed by atoms with Crippen LogP contribution in [0.2, 0.25) is 5.15 Å². The summed E-state index contributed by atoms with van der Waals surface area (Å²) in [5.74, 6) is 1.44. The lowest BCUT2D eigenvalue weighted by atomic mass is 10.1. The molecule has 5 heteroatoms. The van der Waals surface area contributed by atoms with Gasteiger partial charge in [-0.05, 0) is 12.0 Å². The van der Waals surface area contributed by atoms with Crippen LogP contribution in [0.5, 0.6) is 0 Å². The zero-order valence-corrected chi connectivity index (χ0v) is 12.5. The first-order chi connectivity index (χ1) is 10.3. The van der Waals surface area contributed by atoms with Gasteiger partial charge in [-0.3, -0.25) is 0 Å². The predicted molar refractivity (Wildman–Crippen MR) is 83.6 cm³/mol. The molecule has 3 rings (SSSR count). The molecule has 106 valence electrons. The SMILES string of the molecule is CCCc1nc(Cl)cc(-n2cc(-c3ccccc3)cn2)n1. The van der Waals surface area contributed by atoms with E-state index in [4.69, 9.17) is 11.6 Å². The van der Waals surface area contributed by atoms with E-state index in [9.17, 15) is 0 Å². The summed E-state index contributed by atoms with van der Waals surface area (Å²) in [5.41, 5.74) is 2.17. The van der Waals surface area contributed by atoms with Gasteiger partial charge in [-0.2, -0.15) is 5.10 Å². The van der Waals surface area contributed by atoms with E-state index < -0.39 is 0 Å². The highest BCUT2D eigenvalue weighted by Gasteiger charge is 2.07. The number of aromatic nitrogens is 4. The molecule has 0 saturated carbocycles. The maximum absolute atomic E-state index is 6.07. The normalized spacial score (nSPS) is 10.8. The van der Waals surface area contributed by atoms with Crippen LogP contribution in [0, 0.1) is 0 Å². The number of benzene rings is 1. The second-order valence-electron chi connectivity index (χ2n) is 4.75. The fourth-order valence-electron chi connectivity index (χ4n) is 2.13. The largest absolute Gasteiger partial charge is 0.222 e. The lowest BCUT2D eigenvalue weighted by Gasteiger charge is -2.04. The third-order valence-electron chi connectivity index (χ3n) is 3.13. The average Bonchev–Trinajstić information content (AvgIpc) is 2.98. The fraction of sp³-hybridized carbons (Fsp3) is 0.188. The molecule has 3 aromatic rings. The molecule has 2 heterocycles. The number of hydrogen-bond donors (Lipinski definition) is 0. The first-order valence-electron chi connectivity index (χ1n) is 6.90. The molecule has 0 amide bonds. The quantitative estimate of drug-likeness (QED) is 0.685. The van der Waals surface area contributed by atoms with Crippen LogP contribution in [0.4, 0.5) is 0 Å². The van der Waals surface area contributed by atoms with Crippen LogP contribution in [-0.2, 0) is 6.42 Å². The van der Waals surface area contributed by atoms with Crippen molar-refractivity contribution in [1.29, 1.82) is 0 Å². The summed E-state index contributed by atoms with van der Waals surface area (Å²) >= 11 is 6.07. The Morgan fingerprint density at radius 1 is 1.10 bits per heavy atom. The highest BCUT2D eigenvalue weighted by Crippen LogP contribution is 2.20. The molecule has 0 aliphatic heterocycles. The Bertz CT molecular complexity index is 737. The molecule has 0 aliphatic carbocycles. The molecule has 0 spiro atoms. The van der Waals surface area contributed by atoms with Crippen LogP contribution in [-0.4, -0.2) is 19.7 Å². The van der Waals surface area contributed by atoms with Crippen molar-refractivity contribution in [3.8, 4) is 16.9 Å². The summed E-state index contributed by atoms with van der Waals surface area (Å²) < 4.78 is 1.73. The molecule has 2 aromatic heterocycles. The molecule has 1 aromatic carbocycles. The third kappa shape index (κ3) is 3.11. The molecule has 0 saturated heterocycles. The predicted octanol–water partition coefficient (Wildman–Crippen LogP) is 3.94. The second-order valence-corrected chi connectivity index (χ2v) is 5.14. The Kier molecular flexibility index (Phi) is 3.97. The van der Waals surface area contributed by atoms with Crippen LogP contribution in [0.3, 0.4) is 0 Å². The van der Waals surface area contributed by atoms with Crippen molar-refractivity contribution in [2.24, 2.45) is 0 Å². The number of halogens is 1. The molecular weight excluding hydrogens is 284 g/mol. The highest BCUT2D eigenvalue weighted by molar-refractivity contribution is 6.29. The van der Waals surface area contributed by atoms with Gasteiger partial charge in [-0.25, -0.2) is 14.6 Å². The molecule has 21 heavy (non-hydrogen) atoms. The third-order valence-corrected chi connectivity index (χ3v) is 3.32. The van der Waals surface area contributed by atoms with E-state index in [1.807, 2.05) is 30.6 Å². The van der Waals surface area contributed by atoms with Crippen molar-refractivity contribution in [3.05, 3.63) is 59.8 Å². The van der Waals surface area contributed by atoms with E-state index in [1.165, 1.54) is 0 Å². The van der Waals surface area contributed by atoms with E-state index in [0.29, 0.717) is 11.0 Å². The molecule has 0 fully saturated rings. The van der Waals surface area contributed by atoms with Crippen LogP contribution in [0.15, 0.2) is 48.8 Å². The average molecular weight is 299 g/mol. The summed E-state index contributed by atoms with van der Waals surface area (Å²) in [7, 11) is 0. The number of nitrogens with zero attached hydrogens (tertiary/aromatic N) is 4. The summed E-state index contributed by atoms with van der Waals surface area (Å²) in [5, 5.41) is 4.82. The lowest BCUT2D eigenvalue weighted by Crippen LogP contribution is -2.03. The fourth-order valence-corrected chi connectivity index (χ4v) is 2.33. The van der Waals surface area contributed by atoms with Gasteiger partial charge in [0, 0.05) is 24.2 Å². The molecule has 0 bridgehead atoms. The van der Waals surface area contributed by atoms with Crippen molar-refractivity contribution in [3.63, 3.8) is 0 Å². The van der Waals surface area contributed by atoms with Gasteiger partial charge in [0.05, 0.1) is 6.20 Å². The number of hydrogen-bond acceptors (Lipinski definition) is 3. The zero-order valence-electron chi connectivity index (χ0n) is 11.7. The molecule has 0 aliphatic rings. The number of rotatable bonds is 4. The lowest BCUT2D eigenvalue weighted by molar-refractivity contribution is 0.785. The zero-order chi connectivity index (χ0) is 14.7. The van der Waals surface area contributed by atoms with Crippen molar-refractivity contribution in [2.75, 3.05) is 0 Å². The Morgan fingerprint density at radius 3 is 2.67 bits per heavy atom. The van der Waals surface area contributed by atoms with Gasteiger partial charge in [0.15, 0.2) is 5.82 Å². The van der Waals surface area contributed by atoms with E-state index in [2.05, 4.69) is 34.1 Å². The molecule has 0 atom stereocenters. The molecule has 0 N–H and O–H groups in total. The van der Waals surface area contributed by atoms with Gasteiger partial charge >= 0.3 is 0 Å². The van der Waals surface area contributed by atoms with E-state index >= 15 is 0 Å². The topological polar surface area (TPSA) is 43.6 Å². The van der Waals surface area contributed by atoms with E-state index in [1.54, 1.807) is 10.7 Å². The minimum atomic E-state index is 0.445. The van der Waals surface area contributed by atoms with Crippen LogP contribution in [0.25, 0.3) is 16.9 Å². The Morgan fingerprint density at radius 2 is 1.90 bits per heavy atom. The van der Waals surface area contributed by atoms with E-state index in [0.717, 1.165) is 29.8 Å². The Hall–Kier alpha value is -2.20. The van der Waals surface area contributed by atoms with Gasteiger partial charge in [-0.1, -0.05) is 48.9 Å². The summed E-state index contributed by atoms with van der Waals surface area (Å²) in [4.78, 5) is 8.73. The number of aryl methyl sites for hydroxylation is 1. The summed E-state index contributed by atoms with van der Waals surface area (Å²) in [6.07, 6.45) is 5.56. The molecule has 0 radical (unpaired) electrons. The van der Waals surface area contributed by atoms with Crippen LogP contribution < -0.4 is 0 Å².